The maximum atomic E-state index is 13.1. The molecule has 6 nitrogen and oxygen atoms in total. The summed E-state index contributed by atoms with van der Waals surface area (Å²) in [6.07, 6.45) is 1.82. The number of likely N-dealkylation sites (tertiary alicyclic amines) is 1. The van der Waals surface area contributed by atoms with Crippen molar-refractivity contribution in [1.29, 1.82) is 0 Å². The van der Waals surface area contributed by atoms with E-state index in [2.05, 4.69) is 10.6 Å². The number of nitrogens with one attached hydrogen (secondary N) is 2. The predicted octanol–water partition coefficient (Wildman–Crippen LogP) is 4.34. The van der Waals surface area contributed by atoms with Crippen LogP contribution < -0.4 is 10.6 Å². The van der Waals surface area contributed by atoms with Crippen LogP contribution in [0, 0.1) is 12.8 Å². The molecule has 35 heavy (non-hydrogen) atoms. The summed E-state index contributed by atoms with van der Waals surface area (Å²) in [4.78, 5) is 40.5. The van der Waals surface area contributed by atoms with Gasteiger partial charge in [0.05, 0.1) is 23.6 Å². The molecule has 1 heterocycles. The summed E-state index contributed by atoms with van der Waals surface area (Å²) in [5.74, 6) is -0.692. The van der Waals surface area contributed by atoms with Gasteiger partial charge in [0.25, 0.3) is 5.91 Å². The van der Waals surface area contributed by atoms with E-state index in [-0.39, 0.29) is 23.6 Å². The largest absolute Gasteiger partial charge is 0.348 e. The van der Waals surface area contributed by atoms with Gasteiger partial charge in [-0.15, -0.1) is 0 Å². The number of carbonyl (C=O) groups is 3. The lowest BCUT2D eigenvalue weighted by atomic mass is 9.96. The van der Waals surface area contributed by atoms with Crippen LogP contribution in [0.4, 0.5) is 5.69 Å². The fourth-order valence-corrected chi connectivity index (χ4v) is 4.31. The summed E-state index contributed by atoms with van der Waals surface area (Å²) >= 11 is 0. The van der Waals surface area contributed by atoms with Gasteiger partial charge < -0.3 is 15.5 Å². The van der Waals surface area contributed by atoms with E-state index >= 15 is 0 Å². The maximum Gasteiger partial charge on any atom is 0.253 e. The quantitative estimate of drug-likeness (QED) is 0.540. The summed E-state index contributed by atoms with van der Waals surface area (Å²) in [7, 11) is 0. The number of hydrogen-bond acceptors (Lipinski definition) is 3. The molecular formula is C29H31N3O3. The average Bonchev–Trinajstić information content (AvgIpc) is 2.89. The highest BCUT2D eigenvalue weighted by atomic mass is 16.2. The number of hydrogen-bond donors (Lipinski definition) is 2. The molecule has 0 aliphatic carbocycles. The summed E-state index contributed by atoms with van der Waals surface area (Å²) < 4.78 is 0. The normalized spacial score (nSPS) is 15.3. The Balaban J connectivity index is 1.36. The Bertz CT molecular complexity index is 1180. The van der Waals surface area contributed by atoms with Crippen LogP contribution in [-0.4, -0.2) is 35.7 Å². The zero-order valence-corrected chi connectivity index (χ0v) is 20.0. The average molecular weight is 470 g/mol. The second-order valence-electron chi connectivity index (χ2n) is 9.04. The van der Waals surface area contributed by atoms with E-state index in [0.29, 0.717) is 43.7 Å². The highest BCUT2D eigenvalue weighted by molar-refractivity contribution is 6.04. The fourth-order valence-electron chi connectivity index (χ4n) is 4.31. The number of rotatable bonds is 7. The Kier molecular flexibility index (Phi) is 7.93. The number of aryl methyl sites for hydroxylation is 1. The molecule has 3 aromatic carbocycles. The van der Waals surface area contributed by atoms with Gasteiger partial charge in [0.15, 0.2) is 0 Å². The van der Waals surface area contributed by atoms with E-state index < -0.39 is 0 Å². The number of carbonyl (C=O) groups excluding carboxylic acids is 3. The summed E-state index contributed by atoms with van der Waals surface area (Å²) in [5.41, 5.74) is 4.03. The van der Waals surface area contributed by atoms with Crippen molar-refractivity contribution >= 4 is 23.4 Å². The van der Waals surface area contributed by atoms with Crippen LogP contribution in [0.1, 0.15) is 39.9 Å². The lowest BCUT2D eigenvalue weighted by Crippen LogP contribution is -2.44. The zero-order chi connectivity index (χ0) is 24.6. The Morgan fingerprint density at radius 3 is 2.37 bits per heavy atom. The van der Waals surface area contributed by atoms with Gasteiger partial charge in [-0.2, -0.15) is 0 Å². The minimum absolute atomic E-state index is 0.0320. The van der Waals surface area contributed by atoms with Gasteiger partial charge in [-0.25, -0.2) is 0 Å². The van der Waals surface area contributed by atoms with Gasteiger partial charge in [-0.1, -0.05) is 72.3 Å². The Labute approximate surface area is 206 Å². The first-order valence-corrected chi connectivity index (χ1v) is 12.0. The van der Waals surface area contributed by atoms with Gasteiger partial charge in [-0.05, 0) is 43.0 Å². The minimum Gasteiger partial charge on any atom is -0.348 e. The molecular weight excluding hydrogens is 438 g/mol. The van der Waals surface area contributed by atoms with Crippen molar-refractivity contribution in [2.45, 2.75) is 32.7 Å². The maximum absolute atomic E-state index is 13.1. The predicted molar refractivity (Wildman–Crippen MR) is 137 cm³/mol. The van der Waals surface area contributed by atoms with Gasteiger partial charge >= 0.3 is 0 Å². The van der Waals surface area contributed by atoms with Crippen molar-refractivity contribution in [3.8, 4) is 0 Å². The standard InChI is InChI=1S/C29H31N3O3/c1-21-13-15-23(16-14-21)19-30-29(35)25-11-5-6-12-26(25)31-28(34)24-10-7-17-32(20-24)27(33)18-22-8-3-2-4-9-22/h2-6,8-9,11-16,24H,7,10,17-20H2,1H3,(H,30,35)(H,31,34). The molecule has 0 radical (unpaired) electrons. The van der Waals surface area contributed by atoms with E-state index in [1.807, 2.05) is 61.5 Å². The molecule has 3 aromatic rings. The van der Waals surface area contributed by atoms with E-state index in [9.17, 15) is 14.4 Å². The molecule has 1 fully saturated rings. The van der Waals surface area contributed by atoms with Gasteiger partial charge in [0.2, 0.25) is 11.8 Å². The SMILES string of the molecule is Cc1ccc(CNC(=O)c2ccccc2NC(=O)C2CCCN(C(=O)Cc3ccccc3)C2)cc1. The molecule has 1 unspecified atom stereocenters. The van der Waals surface area contributed by atoms with Crippen LogP contribution >= 0.6 is 0 Å². The molecule has 0 aromatic heterocycles. The van der Waals surface area contributed by atoms with Crippen LogP contribution in [-0.2, 0) is 22.6 Å². The number of benzene rings is 3. The second-order valence-corrected chi connectivity index (χ2v) is 9.04. The van der Waals surface area contributed by atoms with Crippen LogP contribution in [0.2, 0.25) is 0 Å². The Morgan fingerprint density at radius 2 is 1.60 bits per heavy atom. The van der Waals surface area contributed by atoms with Crippen LogP contribution in [0.3, 0.4) is 0 Å². The summed E-state index contributed by atoms with van der Waals surface area (Å²) in [6.45, 7) is 3.47. The number of amides is 3. The number of piperidine rings is 1. The van der Waals surface area contributed by atoms with Gasteiger partial charge in [-0.3, -0.25) is 14.4 Å². The van der Waals surface area contributed by atoms with Gasteiger partial charge in [0.1, 0.15) is 0 Å². The highest BCUT2D eigenvalue weighted by Crippen LogP contribution is 2.22. The number of nitrogens with zero attached hydrogens (tertiary/aromatic N) is 1. The molecule has 0 spiro atoms. The summed E-state index contributed by atoms with van der Waals surface area (Å²) in [6, 6.07) is 24.6. The van der Waals surface area contributed by atoms with Crippen molar-refractivity contribution in [3.05, 3.63) is 101 Å². The number of para-hydroxylation sites is 1. The Morgan fingerprint density at radius 1 is 0.886 bits per heavy atom. The fraction of sp³-hybridized carbons (Fsp3) is 0.276. The third-order valence-electron chi connectivity index (χ3n) is 6.35. The molecule has 4 rings (SSSR count). The zero-order valence-electron chi connectivity index (χ0n) is 20.0. The molecule has 6 heteroatoms. The monoisotopic (exact) mass is 469 g/mol. The topological polar surface area (TPSA) is 78.5 Å². The molecule has 1 saturated heterocycles. The molecule has 0 bridgehead atoms. The van der Waals surface area contributed by atoms with Crippen molar-refractivity contribution < 1.29 is 14.4 Å². The first kappa shape index (κ1) is 24.2. The molecule has 2 N–H and O–H groups in total. The molecule has 3 amide bonds. The lowest BCUT2D eigenvalue weighted by molar-refractivity contribution is -0.133. The first-order valence-electron chi connectivity index (χ1n) is 12.0. The third kappa shape index (κ3) is 6.57. The highest BCUT2D eigenvalue weighted by Gasteiger charge is 2.29. The van der Waals surface area contributed by atoms with Crippen LogP contribution in [0.25, 0.3) is 0 Å². The smallest absolute Gasteiger partial charge is 0.253 e. The van der Waals surface area contributed by atoms with E-state index in [1.165, 1.54) is 0 Å². The third-order valence-corrected chi connectivity index (χ3v) is 6.35. The molecule has 0 saturated carbocycles. The van der Waals surface area contributed by atoms with Crippen molar-refractivity contribution in [3.63, 3.8) is 0 Å². The molecule has 1 aliphatic rings. The molecule has 180 valence electrons. The minimum atomic E-state index is -0.313. The van der Waals surface area contributed by atoms with E-state index in [1.54, 1.807) is 29.2 Å². The van der Waals surface area contributed by atoms with E-state index in [0.717, 1.165) is 23.1 Å². The number of anilines is 1. The van der Waals surface area contributed by atoms with Crippen LogP contribution in [0.15, 0.2) is 78.9 Å². The second kappa shape index (κ2) is 11.5. The molecule has 1 aliphatic heterocycles. The first-order chi connectivity index (χ1) is 17.0. The lowest BCUT2D eigenvalue weighted by Gasteiger charge is -2.32. The summed E-state index contributed by atoms with van der Waals surface area (Å²) in [5, 5.41) is 5.87. The van der Waals surface area contributed by atoms with Crippen molar-refractivity contribution in [2.75, 3.05) is 18.4 Å². The van der Waals surface area contributed by atoms with E-state index in [4.69, 9.17) is 0 Å². The van der Waals surface area contributed by atoms with Gasteiger partial charge in [0, 0.05) is 19.6 Å². The van der Waals surface area contributed by atoms with Crippen molar-refractivity contribution in [2.24, 2.45) is 5.92 Å². The van der Waals surface area contributed by atoms with Crippen LogP contribution in [0.5, 0.6) is 0 Å². The molecule has 1 atom stereocenters. The Hall–Kier alpha value is -3.93. The van der Waals surface area contributed by atoms with Crippen molar-refractivity contribution in [1.82, 2.24) is 10.2 Å².